The third-order valence-electron chi connectivity index (χ3n) is 3.23. The molecule has 98 valence electrons. The largest absolute Gasteiger partial charge is 0.487 e. The highest BCUT2D eigenvalue weighted by Gasteiger charge is 2.41. The summed E-state index contributed by atoms with van der Waals surface area (Å²) in [5.41, 5.74) is 6.66. The van der Waals surface area contributed by atoms with Crippen LogP contribution in [-0.2, 0) is 4.74 Å². The standard InChI is InChI=1S/C12H16N2O4/c1-7-3-4-8(14(15)16)5-10(7)18-11-6-9(13)12(11)17-2/h3-5,9,11-12H,6,13H2,1-2H3. The summed E-state index contributed by atoms with van der Waals surface area (Å²) < 4.78 is 11.0. The van der Waals surface area contributed by atoms with Gasteiger partial charge >= 0.3 is 0 Å². The van der Waals surface area contributed by atoms with E-state index in [0.29, 0.717) is 12.2 Å². The molecule has 0 amide bonds. The SMILES string of the molecule is COC1C(N)CC1Oc1cc([N+](=O)[O-])ccc1C. The van der Waals surface area contributed by atoms with Gasteiger partial charge in [-0.2, -0.15) is 0 Å². The molecular weight excluding hydrogens is 236 g/mol. The fraction of sp³-hybridized carbons (Fsp3) is 0.500. The molecule has 1 saturated carbocycles. The number of aryl methyl sites for hydroxylation is 1. The molecule has 0 spiro atoms. The van der Waals surface area contributed by atoms with Gasteiger partial charge in [-0.05, 0) is 18.6 Å². The van der Waals surface area contributed by atoms with Crippen LogP contribution in [0.2, 0.25) is 0 Å². The number of benzene rings is 1. The Labute approximate surface area is 105 Å². The fourth-order valence-corrected chi connectivity index (χ4v) is 2.05. The number of ether oxygens (including phenoxy) is 2. The summed E-state index contributed by atoms with van der Waals surface area (Å²) in [5, 5.41) is 10.7. The summed E-state index contributed by atoms with van der Waals surface area (Å²) in [6.45, 7) is 1.85. The summed E-state index contributed by atoms with van der Waals surface area (Å²) in [4.78, 5) is 10.3. The Morgan fingerprint density at radius 1 is 1.50 bits per heavy atom. The smallest absolute Gasteiger partial charge is 0.273 e. The first kappa shape index (κ1) is 12.8. The second-order valence-electron chi connectivity index (χ2n) is 4.46. The van der Waals surface area contributed by atoms with Gasteiger partial charge in [-0.3, -0.25) is 10.1 Å². The molecule has 2 N–H and O–H groups in total. The highest BCUT2D eigenvalue weighted by atomic mass is 16.6. The number of rotatable bonds is 4. The summed E-state index contributed by atoms with van der Waals surface area (Å²) in [6.07, 6.45) is 0.412. The van der Waals surface area contributed by atoms with Crippen LogP contribution in [0.5, 0.6) is 5.75 Å². The number of methoxy groups -OCH3 is 1. The minimum atomic E-state index is -0.438. The number of hydrogen-bond acceptors (Lipinski definition) is 5. The van der Waals surface area contributed by atoms with Crippen molar-refractivity contribution in [2.24, 2.45) is 5.73 Å². The first-order valence-corrected chi connectivity index (χ1v) is 5.73. The van der Waals surface area contributed by atoms with Crippen LogP contribution in [0.15, 0.2) is 18.2 Å². The Hall–Kier alpha value is -1.66. The van der Waals surface area contributed by atoms with Gasteiger partial charge in [0, 0.05) is 25.6 Å². The summed E-state index contributed by atoms with van der Waals surface area (Å²) >= 11 is 0. The molecule has 0 aromatic heterocycles. The van der Waals surface area contributed by atoms with E-state index in [1.165, 1.54) is 12.1 Å². The Morgan fingerprint density at radius 3 is 2.78 bits per heavy atom. The molecule has 6 nitrogen and oxygen atoms in total. The van der Waals surface area contributed by atoms with Crippen LogP contribution in [0.3, 0.4) is 0 Å². The fourth-order valence-electron chi connectivity index (χ4n) is 2.05. The van der Waals surface area contributed by atoms with Crippen LogP contribution in [0.4, 0.5) is 5.69 Å². The third kappa shape index (κ3) is 2.30. The predicted molar refractivity (Wildman–Crippen MR) is 65.6 cm³/mol. The van der Waals surface area contributed by atoms with Gasteiger partial charge in [0.25, 0.3) is 5.69 Å². The molecule has 0 bridgehead atoms. The van der Waals surface area contributed by atoms with E-state index in [2.05, 4.69) is 0 Å². The summed E-state index contributed by atoms with van der Waals surface area (Å²) in [7, 11) is 1.58. The van der Waals surface area contributed by atoms with Gasteiger partial charge in [-0.1, -0.05) is 0 Å². The van der Waals surface area contributed by atoms with Crippen LogP contribution >= 0.6 is 0 Å². The lowest BCUT2D eigenvalue weighted by atomic mass is 9.86. The average molecular weight is 252 g/mol. The van der Waals surface area contributed by atoms with Gasteiger partial charge < -0.3 is 15.2 Å². The molecule has 1 aliphatic carbocycles. The number of hydrogen-bond donors (Lipinski definition) is 1. The van der Waals surface area contributed by atoms with Gasteiger partial charge in [0.15, 0.2) is 0 Å². The van der Waals surface area contributed by atoms with E-state index in [4.69, 9.17) is 15.2 Å². The Balaban J connectivity index is 2.14. The van der Waals surface area contributed by atoms with Crippen molar-refractivity contribution < 1.29 is 14.4 Å². The molecule has 18 heavy (non-hydrogen) atoms. The lowest BCUT2D eigenvalue weighted by molar-refractivity contribution is -0.385. The van der Waals surface area contributed by atoms with E-state index in [1.807, 2.05) is 6.92 Å². The van der Waals surface area contributed by atoms with Crippen molar-refractivity contribution in [1.29, 1.82) is 0 Å². The molecule has 1 aliphatic rings. The van der Waals surface area contributed by atoms with Crippen LogP contribution in [-0.4, -0.2) is 30.3 Å². The van der Waals surface area contributed by atoms with Crippen molar-refractivity contribution in [3.05, 3.63) is 33.9 Å². The topological polar surface area (TPSA) is 87.6 Å². The lowest BCUT2D eigenvalue weighted by Crippen LogP contribution is -2.59. The molecule has 3 atom stereocenters. The van der Waals surface area contributed by atoms with Crippen molar-refractivity contribution in [3.8, 4) is 5.75 Å². The first-order chi connectivity index (χ1) is 8.52. The van der Waals surface area contributed by atoms with Crippen molar-refractivity contribution in [2.75, 3.05) is 7.11 Å². The number of non-ortho nitro benzene ring substituents is 1. The molecule has 1 aromatic rings. The number of nitrogens with two attached hydrogens (primary N) is 1. The van der Waals surface area contributed by atoms with E-state index in [0.717, 1.165) is 5.56 Å². The molecular formula is C12H16N2O4. The first-order valence-electron chi connectivity index (χ1n) is 5.73. The predicted octanol–water partition coefficient (Wildman–Crippen LogP) is 1.40. The van der Waals surface area contributed by atoms with E-state index in [9.17, 15) is 10.1 Å². The number of nitro groups is 1. The number of nitrogens with zero attached hydrogens (tertiary/aromatic N) is 1. The highest BCUT2D eigenvalue weighted by molar-refractivity contribution is 5.43. The Bertz CT molecular complexity index is 463. The minimum absolute atomic E-state index is 0.0215. The highest BCUT2D eigenvalue weighted by Crippen LogP contribution is 2.31. The van der Waals surface area contributed by atoms with Crippen LogP contribution in [0.25, 0.3) is 0 Å². The van der Waals surface area contributed by atoms with E-state index < -0.39 is 4.92 Å². The molecule has 6 heteroatoms. The zero-order valence-corrected chi connectivity index (χ0v) is 10.3. The quantitative estimate of drug-likeness (QED) is 0.646. The van der Waals surface area contributed by atoms with Gasteiger partial charge in [-0.15, -0.1) is 0 Å². The van der Waals surface area contributed by atoms with Crippen molar-refractivity contribution >= 4 is 5.69 Å². The Kier molecular flexibility index (Phi) is 3.49. The summed E-state index contributed by atoms with van der Waals surface area (Å²) in [5.74, 6) is 0.517. The zero-order valence-electron chi connectivity index (χ0n) is 10.3. The molecule has 0 saturated heterocycles. The third-order valence-corrected chi connectivity index (χ3v) is 3.23. The average Bonchev–Trinajstić information content (AvgIpc) is 2.31. The van der Waals surface area contributed by atoms with Gasteiger partial charge in [0.2, 0.25) is 0 Å². The van der Waals surface area contributed by atoms with Gasteiger partial charge in [0.05, 0.1) is 11.0 Å². The molecule has 0 radical (unpaired) electrons. The summed E-state index contributed by atoms with van der Waals surface area (Å²) in [6, 6.07) is 4.54. The Morgan fingerprint density at radius 2 is 2.22 bits per heavy atom. The minimum Gasteiger partial charge on any atom is -0.487 e. The van der Waals surface area contributed by atoms with E-state index >= 15 is 0 Å². The number of nitro benzene ring substituents is 1. The monoisotopic (exact) mass is 252 g/mol. The normalized spacial score (nSPS) is 26.5. The van der Waals surface area contributed by atoms with Crippen LogP contribution in [0, 0.1) is 17.0 Å². The molecule has 3 unspecified atom stereocenters. The van der Waals surface area contributed by atoms with Crippen LogP contribution < -0.4 is 10.5 Å². The van der Waals surface area contributed by atoms with E-state index in [-0.39, 0.29) is 23.9 Å². The second kappa shape index (κ2) is 4.91. The van der Waals surface area contributed by atoms with Crippen LogP contribution in [0.1, 0.15) is 12.0 Å². The zero-order chi connectivity index (χ0) is 13.3. The maximum absolute atomic E-state index is 10.7. The molecule has 0 heterocycles. The maximum atomic E-state index is 10.7. The molecule has 2 rings (SSSR count). The molecule has 1 fully saturated rings. The molecule has 0 aliphatic heterocycles. The van der Waals surface area contributed by atoms with Crippen molar-refractivity contribution in [3.63, 3.8) is 0 Å². The maximum Gasteiger partial charge on any atom is 0.273 e. The lowest BCUT2D eigenvalue weighted by Gasteiger charge is -2.41. The van der Waals surface area contributed by atoms with E-state index in [1.54, 1.807) is 13.2 Å². The van der Waals surface area contributed by atoms with Crippen molar-refractivity contribution in [1.82, 2.24) is 0 Å². The van der Waals surface area contributed by atoms with Gasteiger partial charge in [0.1, 0.15) is 18.0 Å². The second-order valence-corrected chi connectivity index (χ2v) is 4.46. The van der Waals surface area contributed by atoms with Gasteiger partial charge in [-0.25, -0.2) is 0 Å². The molecule has 1 aromatic carbocycles. The van der Waals surface area contributed by atoms with Crippen molar-refractivity contribution in [2.45, 2.75) is 31.6 Å².